The Hall–Kier alpha value is -2.44. The minimum atomic E-state index is -0.156. The molecule has 0 saturated heterocycles. The van der Waals surface area contributed by atoms with Gasteiger partial charge in [0.25, 0.3) is 5.91 Å². The zero-order valence-corrected chi connectivity index (χ0v) is 15.7. The Bertz CT molecular complexity index is 907. The van der Waals surface area contributed by atoms with Crippen molar-refractivity contribution in [3.63, 3.8) is 0 Å². The van der Waals surface area contributed by atoms with E-state index in [-0.39, 0.29) is 5.91 Å². The number of hydrogen-bond acceptors (Lipinski definition) is 4. The first kappa shape index (κ1) is 17.4. The summed E-state index contributed by atoms with van der Waals surface area (Å²) < 4.78 is 0.765. The van der Waals surface area contributed by atoms with Gasteiger partial charge in [0, 0.05) is 27.6 Å². The highest BCUT2D eigenvalue weighted by Gasteiger charge is 2.10. The maximum atomic E-state index is 12.4. The van der Waals surface area contributed by atoms with E-state index in [1.165, 1.54) is 11.3 Å². The molecule has 3 rings (SSSR count). The molecule has 0 aliphatic carbocycles. The van der Waals surface area contributed by atoms with Gasteiger partial charge in [-0.3, -0.25) is 4.79 Å². The summed E-state index contributed by atoms with van der Waals surface area (Å²) in [6, 6.07) is 15.0. The molecule has 0 radical (unpaired) electrons. The van der Waals surface area contributed by atoms with Crippen molar-refractivity contribution in [2.45, 2.75) is 0 Å². The van der Waals surface area contributed by atoms with Crippen LogP contribution in [0.1, 0.15) is 10.4 Å². The number of nitrogens with one attached hydrogen (secondary N) is 2. The average Bonchev–Trinajstić information content (AvgIpc) is 3.09. The third kappa shape index (κ3) is 4.35. The predicted octanol–water partition coefficient (Wildman–Crippen LogP) is 5.42. The third-order valence-electron chi connectivity index (χ3n) is 3.44. The number of amides is 1. The number of anilines is 2. The van der Waals surface area contributed by atoms with Gasteiger partial charge in [-0.1, -0.05) is 30.3 Å². The lowest BCUT2D eigenvalue weighted by Crippen LogP contribution is -2.12. The third-order valence-corrected chi connectivity index (χ3v) is 4.93. The second-order valence-corrected chi connectivity index (χ2v) is 6.93. The maximum absolute atomic E-state index is 12.4. The molecule has 0 aliphatic heterocycles. The Morgan fingerprint density at radius 2 is 2.08 bits per heavy atom. The van der Waals surface area contributed by atoms with Crippen molar-refractivity contribution in [3.8, 4) is 11.3 Å². The van der Waals surface area contributed by atoms with Crippen molar-refractivity contribution in [1.82, 2.24) is 4.98 Å². The van der Waals surface area contributed by atoms with Crippen LogP contribution in [0.2, 0.25) is 0 Å². The van der Waals surface area contributed by atoms with E-state index in [4.69, 9.17) is 0 Å². The number of carbonyl (C=O) groups excluding carboxylic acids is 1. The van der Waals surface area contributed by atoms with Gasteiger partial charge in [-0.15, -0.1) is 17.9 Å². The van der Waals surface area contributed by atoms with Crippen LogP contribution in [0.4, 0.5) is 10.8 Å². The minimum absolute atomic E-state index is 0.156. The van der Waals surface area contributed by atoms with Gasteiger partial charge in [0.15, 0.2) is 5.13 Å². The van der Waals surface area contributed by atoms with Crippen LogP contribution in [0.5, 0.6) is 0 Å². The highest BCUT2D eigenvalue weighted by molar-refractivity contribution is 9.10. The molecule has 126 valence electrons. The van der Waals surface area contributed by atoms with Gasteiger partial charge in [-0.25, -0.2) is 4.98 Å². The number of benzene rings is 2. The fourth-order valence-corrected chi connectivity index (χ4v) is 3.44. The molecular weight excluding hydrogens is 398 g/mol. The highest BCUT2D eigenvalue weighted by Crippen LogP contribution is 2.27. The van der Waals surface area contributed by atoms with Gasteiger partial charge in [0.05, 0.1) is 11.3 Å². The van der Waals surface area contributed by atoms with E-state index in [9.17, 15) is 4.79 Å². The molecule has 0 aliphatic rings. The number of thiazole rings is 1. The topological polar surface area (TPSA) is 54.0 Å². The smallest absolute Gasteiger partial charge is 0.256 e. The average molecular weight is 414 g/mol. The molecule has 1 aromatic heterocycles. The molecule has 0 fully saturated rings. The van der Waals surface area contributed by atoms with Crippen LogP contribution in [0.25, 0.3) is 11.3 Å². The summed E-state index contributed by atoms with van der Waals surface area (Å²) in [5.74, 6) is -0.156. The van der Waals surface area contributed by atoms with E-state index >= 15 is 0 Å². The van der Waals surface area contributed by atoms with Gasteiger partial charge in [-0.05, 0) is 40.2 Å². The number of rotatable bonds is 6. The van der Waals surface area contributed by atoms with Gasteiger partial charge >= 0.3 is 0 Å². The molecular formula is C19H16BrN3OS. The first-order valence-corrected chi connectivity index (χ1v) is 9.31. The van der Waals surface area contributed by atoms with E-state index in [0.717, 1.165) is 26.5 Å². The van der Waals surface area contributed by atoms with Crippen LogP contribution in [0.3, 0.4) is 0 Å². The van der Waals surface area contributed by atoms with Gasteiger partial charge < -0.3 is 10.6 Å². The van der Waals surface area contributed by atoms with Crippen molar-refractivity contribution >= 4 is 44.0 Å². The second-order valence-electron chi connectivity index (χ2n) is 5.22. The zero-order chi connectivity index (χ0) is 17.6. The van der Waals surface area contributed by atoms with E-state index < -0.39 is 0 Å². The Morgan fingerprint density at radius 3 is 2.88 bits per heavy atom. The normalized spacial score (nSPS) is 10.3. The van der Waals surface area contributed by atoms with Gasteiger partial charge in [0.2, 0.25) is 0 Å². The van der Waals surface area contributed by atoms with Crippen LogP contribution in [-0.2, 0) is 0 Å². The van der Waals surface area contributed by atoms with E-state index in [1.54, 1.807) is 12.1 Å². The molecule has 0 bridgehead atoms. The summed E-state index contributed by atoms with van der Waals surface area (Å²) in [6.45, 7) is 4.36. The Labute approximate surface area is 158 Å². The van der Waals surface area contributed by atoms with Gasteiger partial charge in [0.1, 0.15) is 0 Å². The summed E-state index contributed by atoms with van der Waals surface area (Å²) in [5, 5.41) is 8.93. The Morgan fingerprint density at radius 1 is 1.24 bits per heavy atom. The SMILES string of the molecule is C=CCNc1nc(-c2cccc(NC(=O)c3ccccc3Br)c2)cs1. The van der Waals surface area contributed by atoms with Crippen LogP contribution in [0.15, 0.2) is 71.0 Å². The van der Waals surface area contributed by atoms with Crippen LogP contribution >= 0.6 is 27.3 Å². The molecule has 0 unspecified atom stereocenters. The lowest BCUT2D eigenvalue weighted by molar-refractivity contribution is 0.102. The summed E-state index contributed by atoms with van der Waals surface area (Å²) in [5.41, 5.74) is 3.14. The largest absolute Gasteiger partial charge is 0.358 e. The minimum Gasteiger partial charge on any atom is -0.358 e. The molecule has 1 amide bonds. The fraction of sp³-hybridized carbons (Fsp3) is 0.0526. The standard InChI is InChI=1S/C19H16BrN3OS/c1-2-10-21-19-23-17(12-25-19)13-6-5-7-14(11-13)22-18(24)15-8-3-4-9-16(15)20/h2-9,11-12H,1,10H2,(H,21,23)(H,22,24). The van der Waals surface area contributed by atoms with Crippen molar-refractivity contribution in [2.24, 2.45) is 0 Å². The number of carbonyl (C=O) groups is 1. The van der Waals surface area contributed by atoms with Crippen molar-refractivity contribution in [3.05, 3.63) is 76.6 Å². The molecule has 0 spiro atoms. The number of nitrogens with zero attached hydrogens (tertiary/aromatic N) is 1. The maximum Gasteiger partial charge on any atom is 0.256 e. The summed E-state index contributed by atoms with van der Waals surface area (Å²) in [4.78, 5) is 17.0. The monoisotopic (exact) mass is 413 g/mol. The van der Waals surface area contributed by atoms with Crippen molar-refractivity contribution in [2.75, 3.05) is 17.2 Å². The first-order chi connectivity index (χ1) is 12.2. The molecule has 4 nitrogen and oxygen atoms in total. The summed E-state index contributed by atoms with van der Waals surface area (Å²) in [6.07, 6.45) is 1.79. The molecule has 3 aromatic rings. The molecule has 0 saturated carbocycles. The Balaban J connectivity index is 1.77. The van der Waals surface area contributed by atoms with Crippen LogP contribution < -0.4 is 10.6 Å². The molecule has 0 atom stereocenters. The Kier molecular flexibility index (Phi) is 5.63. The van der Waals surface area contributed by atoms with Crippen LogP contribution in [0, 0.1) is 0 Å². The van der Waals surface area contributed by atoms with E-state index in [1.807, 2.05) is 47.8 Å². The molecule has 6 heteroatoms. The zero-order valence-electron chi connectivity index (χ0n) is 13.3. The number of halogens is 1. The molecule has 1 heterocycles. The van der Waals surface area contributed by atoms with Crippen LogP contribution in [-0.4, -0.2) is 17.4 Å². The highest BCUT2D eigenvalue weighted by atomic mass is 79.9. The lowest BCUT2D eigenvalue weighted by Gasteiger charge is -2.08. The lowest BCUT2D eigenvalue weighted by atomic mass is 10.1. The molecule has 2 aromatic carbocycles. The number of hydrogen-bond donors (Lipinski definition) is 2. The van der Waals surface area contributed by atoms with Crippen molar-refractivity contribution in [1.29, 1.82) is 0 Å². The van der Waals surface area contributed by atoms with Crippen molar-refractivity contribution < 1.29 is 4.79 Å². The second kappa shape index (κ2) is 8.09. The predicted molar refractivity (Wildman–Crippen MR) is 108 cm³/mol. The first-order valence-electron chi connectivity index (χ1n) is 7.64. The summed E-state index contributed by atoms with van der Waals surface area (Å²) >= 11 is 4.94. The number of aromatic nitrogens is 1. The van der Waals surface area contributed by atoms with E-state index in [0.29, 0.717) is 12.1 Å². The fourth-order valence-electron chi connectivity index (χ4n) is 2.25. The van der Waals surface area contributed by atoms with Gasteiger partial charge in [-0.2, -0.15) is 0 Å². The summed E-state index contributed by atoms with van der Waals surface area (Å²) in [7, 11) is 0. The quantitative estimate of drug-likeness (QED) is 0.530. The van der Waals surface area contributed by atoms with E-state index in [2.05, 4.69) is 38.1 Å². The molecule has 2 N–H and O–H groups in total. The molecule has 25 heavy (non-hydrogen) atoms.